The van der Waals surface area contributed by atoms with E-state index in [0.717, 1.165) is 0 Å². The maximum atomic E-state index is 13.1. The highest BCUT2D eigenvalue weighted by Gasteiger charge is 2.36. The van der Waals surface area contributed by atoms with Gasteiger partial charge in [0.2, 0.25) is 10.0 Å². The van der Waals surface area contributed by atoms with E-state index in [9.17, 15) is 23.9 Å². The second kappa shape index (κ2) is 9.08. The molecule has 2 aromatic rings. The maximum absolute atomic E-state index is 13.1. The van der Waals surface area contributed by atoms with Gasteiger partial charge in [-0.1, -0.05) is 23.2 Å². The minimum atomic E-state index is -4.20. The number of hydrogen-bond acceptors (Lipinski definition) is 7. The summed E-state index contributed by atoms with van der Waals surface area (Å²) in [5.41, 5.74) is 6.06. The molecule has 1 aliphatic rings. The van der Waals surface area contributed by atoms with E-state index in [4.69, 9.17) is 33.7 Å². The number of sulfonamides is 1. The van der Waals surface area contributed by atoms with Gasteiger partial charge in [-0.25, -0.2) is 13.1 Å². The van der Waals surface area contributed by atoms with Gasteiger partial charge in [-0.3, -0.25) is 0 Å². The monoisotopic (exact) mass is 471 g/mol. The number of hydrogen-bond donors (Lipinski definition) is 4. The molecule has 8 nitrogen and oxygen atoms in total. The normalized spacial score (nSPS) is 24.3. The van der Waals surface area contributed by atoms with Gasteiger partial charge in [0.1, 0.15) is 16.4 Å². The first-order chi connectivity index (χ1) is 14.1. The smallest absolute Gasteiger partial charge is 0.244 e. The van der Waals surface area contributed by atoms with Crippen LogP contribution in [-0.4, -0.2) is 42.9 Å². The van der Waals surface area contributed by atoms with Crippen LogP contribution in [0.4, 0.5) is 0 Å². The standard InChI is InChI=1S/C19H19Cl2N3O5S/c20-11-4-12(21)6-13(5-11)29-18-2-1-10(9-22)3-19(18)30(27,28)24-15-8-17(26)16(25)7-14(15)23/h1-6,14-17,24-26H,7-8,23H2/t14-,15+,16-,17-/m0/s1. The summed E-state index contributed by atoms with van der Waals surface area (Å²) in [6, 6.07) is 8.72. The molecule has 4 atom stereocenters. The molecule has 2 aromatic carbocycles. The van der Waals surface area contributed by atoms with Gasteiger partial charge in [0.15, 0.2) is 0 Å². The maximum Gasteiger partial charge on any atom is 0.244 e. The molecule has 160 valence electrons. The lowest BCUT2D eigenvalue weighted by Crippen LogP contribution is -2.56. The quantitative estimate of drug-likeness (QED) is 0.522. The van der Waals surface area contributed by atoms with E-state index in [0.29, 0.717) is 10.0 Å². The van der Waals surface area contributed by atoms with Gasteiger partial charge in [-0.2, -0.15) is 5.26 Å². The number of ether oxygens (including phenoxy) is 1. The molecular weight excluding hydrogens is 453 g/mol. The van der Waals surface area contributed by atoms with Crippen LogP contribution in [0.3, 0.4) is 0 Å². The Morgan fingerprint density at radius 1 is 1.10 bits per heavy atom. The Balaban J connectivity index is 1.95. The van der Waals surface area contributed by atoms with Crippen molar-refractivity contribution >= 4 is 33.2 Å². The average molecular weight is 472 g/mol. The molecule has 1 saturated carbocycles. The number of nitrogens with two attached hydrogens (primary N) is 1. The molecule has 0 radical (unpaired) electrons. The summed E-state index contributed by atoms with van der Waals surface area (Å²) in [5.74, 6) is 0.159. The van der Waals surface area contributed by atoms with Crippen LogP contribution in [0.5, 0.6) is 11.5 Å². The van der Waals surface area contributed by atoms with E-state index < -0.39 is 34.3 Å². The van der Waals surface area contributed by atoms with E-state index >= 15 is 0 Å². The van der Waals surface area contributed by atoms with E-state index in [-0.39, 0.29) is 34.8 Å². The summed E-state index contributed by atoms with van der Waals surface area (Å²) < 4.78 is 34.3. The number of nitrogens with zero attached hydrogens (tertiary/aromatic N) is 1. The molecule has 0 aromatic heterocycles. The van der Waals surface area contributed by atoms with E-state index in [1.165, 1.54) is 36.4 Å². The fourth-order valence-electron chi connectivity index (χ4n) is 3.18. The SMILES string of the molecule is N#Cc1ccc(Oc2cc(Cl)cc(Cl)c2)c(S(=O)(=O)N[C@@H]2C[C@H](O)[C@@H](O)C[C@@H]2N)c1. The van der Waals surface area contributed by atoms with Crippen molar-refractivity contribution in [3.63, 3.8) is 0 Å². The molecule has 30 heavy (non-hydrogen) atoms. The Bertz CT molecular complexity index is 1070. The number of aliphatic hydroxyl groups excluding tert-OH is 2. The highest BCUT2D eigenvalue weighted by molar-refractivity contribution is 7.89. The van der Waals surface area contributed by atoms with Crippen molar-refractivity contribution in [3.8, 4) is 17.6 Å². The molecule has 1 fully saturated rings. The predicted molar refractivity (Wildman–Crippen MR) is 111 cm³/mol. The Kier molecular flexibility index (Phi) is 6.89. The fraction of sp³-hybridized carbons (Fsp3) is 0.316. The molecule has 3 rings (SSSR count). The fourth-order valence-corrected chi connectivity index (χ4v) is 5.14. The van der Waals surface area contributed by atoms with Crippen LogP contribution in [0.25, 0.3) is 0 Å². The van der Waals surface area contributed by atoms with Crippen LogP contribution in [0.2, 0.25) is 10.0 Å². The summed E-state index contributed by atoms with van der Waals surface area (Å²) in [5, 5.41) is 29.4. The van der Waals surface area contributed by atoms with Crippen molar-refractivity contribution in [2.75, 3.05) is 0 Å². The topological polar surface area (TPSA) is 146 Å². The molecule has 0 saturated heterocycles. The van der Waals surface area contributed by atoms with E-state index in [2.05, 4.69) is 4.72 Å². The van der Waals surface area contributed by atoms with E-state index in [1.807, 2.05) is 6.07 Å². The minimum absolute atomic E-state index is 0.0387. The highest BCUT2D eigenvalue weighted by atomic mass is 35.5. The first kappa shape index (κ1) is 22.8. The molecular formula is C19H19Cl2N3O5S. The zero-order chi connectivity index (χ0) is 22.1. The highest BCUT2D eigenvalue weighted by Crippen LogP contribution is 2.33. The second-order valence-corrected chi connectivity index (χ2v) is 9.53. The Morgan fingerprint density at radius 3 is 2.37 bits per heavy atom. The number of rotatable bonds is 5. The summed E-state index contributed by atoms with van der Waals surface area (Å²) >= 11 is 11.9. The van der Waals surface area contributed by atoms with Gasteiger partial charge in [-0.05, 0) is 49.2 Å². The van der Waals surface area contributed by atoms with Crippen LogP contribution in [0.1, 0.15) is 18.4 Å². The Labute approximate surface area is 183 Å². The third kappa shape index (κ3) is 5.22. The first-order valence-electron chi connectivity index (χ1n) is 8.91. The van der Waals surface area contributed by atoms with Gasteiger partial charge in [0.05, 0.1) is 23.8 Å². The number of nitriles is 1. The Hall–Kier alpha value is -1.90. The molecule has 0 heterocycles. The lowest BCUT2D eigenvalue weighted by Gasteiger charge is -2.35. The van der Waals surface area contributed by atoms with Crippen LogP contribution in [0, 0.1) is 11.3 Å². The van der Waals surface area contributed by atoms with Crippen molar-refractivity contribution in [3.05, 3.63) is 52.0 Å². The largest absolute Gasteiger partial charge is 0.456 e. The van der Waals surface area contributed by atoms with Crippen LogP contribution >= 0.6 is 23.2 Å². The average Bonchev–Trinajstić information content (AvgIpc) is 2.65. The molecule has 0 unspecified atom stereocenters. The zero-order valence-electron chi connectivity index (χ0n) is 15.5. The van der Waals surface area contributed by atoms with Crippen molar-refractivity contribution in [2.45, 2.75) is 42.0 Å². The molecule has 0 aliphatic heterocycles. The van der Waals surface area contributed by atoms with Crippen molar-refractivity contribution in [1.29, 1.82) is 5.26 Å². The van der Waals surface area contributed by atoms with Gasteiger partial charge < -0.3 is 20.7 Å². The van der Waals surface area contributed by atoms with Crippen LogP contribution in [-0.2, 0) is 10.0 Å². The number of halogens is 2. The van der Waals surface area contributed by atoms with Crippen molar-refractivity contribution < 1.29 is 23.4 Å². The zero-order valence-corrected chi connectivity index (χ0v) is 17.8. The minimum Gasteiger partial charge on any atom is -0.456 e. The molecule has 0 amide bonds. The lowest BCUT2D eigenvalue weighted by atomic mass is 9.87. The molecule has 0 spiro atoms. The van der Waals surface area contributed by atoms with Crippen molar-refractivity contribution in [1.82, 2.24) is 4.72 Å². The first-order valence-corrected chi connectivity index (χ1v) is 11.1. The molecule has 11 heteroatoms. The third-order valence-electron chi connectivity index (χ3n) is 4.70. The van der Waals surface area contributed by atoms with Crippen LogP contribution < -0.4 is 15.2 Å². The summed E-state index contributed by atoms with van der Waals surface area (Å²) in [4.78, 5) is -0.287. The lowest BCUT2D eigenvalue weighted by molar-refractivity contribution is -0.0217. The van der Waals surface area contributed by atoms with Crippen molar-refractivity contribution in [2.24, 2.45) is 5.73 Å². The van der Waals surface area contributed by atoms with Gasteiger partial charge in [0.25, 0.3) is 0 Å². The number of nitrogens with one attached hydrogen (secondary N) is 1. The number of benzene rings is 2. The molecule has 1 aliphatic carbocycles. The second-order valence-electron chi connectivity index (χ2n) is 6.98. The summed E-state index contributed by atoms with van der Waals surface area (Å²) in [6.07, 6.45) is -2.14. The molecule has 0 bridgehead atoms. The van der Waals surface area contributed by atoms with Gasteiger partial charge >= 0.3 is 0 Å². The molecule has 5 N–H and O–H groups in total. The van der Waals surface area contributed by atoms with E-state index in [1.54, 1.807) is 0 Å². The number of aliphatic hydroxyl groups is 2. The Morgan fingerprint density at radius 2 is 1.73 bits per heavy atom. The van der Waals surface area contributed by atoms with Crippen LogP contribution in [0.15, 0.2) is 41.3 Å². The predicted octanol–water partition coefficient (Wildman–Crippen LogP) is 2.15. The third-order valence-corrected chi connectivity index (χ3v) is 6.65. The summed E-state index contributed by atoms with van der Waals surface area (Å²) in [6.45, 7) is 0. The van der Waals surface area contributed by atoms with Gasteiger partial charge in [-0.15, -0.1) is 0 Å². The summed E-state index contributed by atoms with van der Waals surface area (Å²) in [7, 11) is -4.20. The van der Waals surface area contributed by atoms with Gasteiger partial charge in [0, 0.05) is 22.1 Å².